The Morgan fingerprint density at radius 1 is 0.627 bits per heavy atom. The van der Waals surface area contributed by atoms with E-state index >= 15 is 0 Å². The fourth-order valence-corrected chi connectivity index (χ4v) is 4.38. The molecule has 0 aliphatic heterocycles. The molecule has 0 saturated carbocycles. The van der Waals surface area contributed by atoms with Crippen LogP contribution in [0.1, 0.15) is 45.1 Å². The second kappa shape index (κ2) is 22.5. The van der Waals surface area contributed by atoms with E-state index in [0.29, 0.717) is 11.4 Å². The summed E-state index contributed by atoms with van der Waals surface area (Å²) >= 11 is 0. The number of nitro groups is 1. The molecule has 0 amide bonds. The molecule has 4 N–H and O–H groups in total. The van der Waals surface area contributed by atoms with Gasteiger partial charge in [-0.15, -0.1) is 20.5 Å². The minimum Gasteiger partial charge on any atom is -0.506 e. The standard InChI is InChI=1S/C21H29N3O2.C14H14N4O4.2CH3.Co/c1-4-6-12-24(13-7-5-2)17-9-11-19(21(26)15-17)23-22-18-10-8-16(3)14-20(18)25;1-17(2)9-3-5-11(13(19)7-9)15-16-12-6-4-10(18(21)22)8-14(12)20;;;/h8-11,14-15,25-26H,4-7,12-13H2,1-3H3;3-8,19-20H,1-2H3;2*1H3;/q;;2*-1;+2. The summed E-state index contributed by atoms with van der Waals surface area (Å²) in [5.41, 5.74) is 3.58. The summed E-state index contributed by atoms with van der Waals surface area (Å²) in [5.74, 6) is -0.246. The van der Waals surface area contributed by atoms with Gasteiger partial charge in [0.05, 0.1) is 11.0 Å². The number of nitro benzene ring substituents is 1. The Morgan fingerprint density at radius 3 is 1.41 bits per heavy atom. The predicted molar refractivity (Wildman–Crippen MR) is 201 cm³/mol. The number of non-ortho nitro benzene ring substituents is 1. The molecule has 51 heavy (non-hydrogen) atoms. The molecule has 0 bridgehead atoms. The first-order chi connectivity index (χ1) is 22.9. The maximum Gasteiger partial charge on any atom is 2.00 e. The molecule has 0 saturated heterocycles. The molecule has 0 atom stereocenters. The summed E-state index contributed by atoms with van der Waals surface area (Å²) in [6.45, 7) is 8.22. The molecule has 14 heteroatoms. The number of hydrogen-bond donors (Lipinski definition) is 4. The third-order valence-corrected chi connectivity index (χ3v) is 7.19. The van der Waals surface area contributed by atoms with Gasteiger partial charge in [-0.2, -0.15) is 0 Å². The van der Waals surface area contributed by atoms with E-state index in [1.54, 1.807) is 36.4 Å². The maximum atomic E-state index is 10.6. The van der Waals surface area contributed by atoms with Gasteiger partial charge in [-0.25, -0.2) is 0 Å². The second-order valence-electron chi connectivity index (χ2n) is 11.3. The zero-order valence-corrected chi connectivity index (χ0v) is 31.3. The number of unbranched alkanes of at least 4 members (excludes halogenated alkanes) is 2. The van der Waals surface area contributed by atoms with E-state index in [-0.39, 0.29) is 71.7 Å². The Hall–Kier alpha value is -5.21. The van der Waals surface area contributed by atoms with Crippen LogP contribution < -0.4 is 9.80 Å². The van der Waals surface area contributed by atoms with E-state index in [1.165, 1.54) is 18.2 Å². The summed E-state index contributed by atoms with van der Waals surface area (Å²) < 4.78 is 0. The number of benzene rings is 4. The second-order valence-corrected chi connectivity index (χ2v) is 11.3. The average molecular weight is 747 g/mol. The first-order valence-corrected chi connectivity index (χ1v) is 15.6. The largest absolute Gasteiger partial charge is 2.00 e. The van der Waals surface area contributed by atoms with Crippen molar-refractivity contribution in [2.45, 2.75) is 46.5 Å². The van der Waals surface area contributed by atoms with Crippen molar-refractivity contribution in [3.8, 4) is 23.0 Å². The molecule has 0 spiro atoms. The van der Waals surface area contributed by atoms with Crippen LogP contribution in [-0.2, 0) is 16.8 Å². The van der Waals surface area contributed by atoms with Crippen LogP contribution in [0.3, 0.4) is 0 Å². The van der Waals surface area contributed by atoms with Gasteiger partial charge in [-0.3, -0.25) is 10.1 Å². The summed E-state index contributed by atoms with van der Waals surface area (Å²) in [4.78, 5) is 14.1. The minimum absolute atomic E-state index is 0. The van der Waals surface area contributed by atoms with E-state index < -0.39 is 4.92 Å². The number of phenolic OH excluding ortho intramolecular Hbond substituents is 4. The number of aromatic hydroxyl groups is 4. The van der Waals surface area contributed by atoms with Crippen molar-refractivity contribution in [3.05, 3.63) is 103 Å². The molecule has 13 nitrogen and oxygen atoms in total. The van der Waals surface area contributed by atoms with Gasteiger partial charge in [0, 0.05) is 56.8 Å². The number of nitrogens with zero attached hydrogens (tertiary/aromatic N) is 7. The van der Waals surface area contributed by atoms with E-state index in [4.69, 9.17) is 0 Å². The van der Waals surface area contributed by atoms with Gasteiger partial charge in [0.2, 0.25) is 0 Å². The molecule has 0 fully saturated rings. The molecule has 4 aromatic rings. The van der Waals surface area contributed by atoms with E-state index in [0.717, 1.165) is 61.8 Å². The van der Waals surface area contributed by atoms with Gasteiger partial charge in [-0.1, -0.05) is 32.8 Å². The minimum atomic E-state index is -0.619. The van der Waals surface area contributed by atoms with Crippen molar-refractivity contribution in [2.24, 2.45) is 20.5 Å². The molecule has 1 radical (unpaired) electrons. The van der Waals surface area contributed by atoms with E-state index in [9.17, 15) is 30.5 Å². The molecule has 0 aromatic heterocycles. The molecule has 0 heterocycles. The van der Waals surface area contributed by atoms with Gasteiger partial charge in [-0.05, 0) is 67.8 Å². The summed E-state index contributed by atoms with van der Waals surface area (Å²) in [5, 5.41) is 66.1. The van der Waals surface area contributed by atoms with Crippen molar-refractivity contribution >= 4 is 39.8 Å². The Kier molecular flexibility index (Phi) is 20.2. The van der Waals surface area contributed by atoms with Crippen LogP contribution >= 0.6 is 0 Å². The van der Waals surface area contributed by atoms with Crippen LogP contribution in [0.2, 0.25) is 0 Å². The molecule has 4 rings (SSSR count). The van der Waals surface area contributed by atoms with Crippen molar-refractivity contribution in [1.29, 1.82) is 0 Å². The topological polar surface area (TPSA) is 180 Å². The van der Waals surface area contributed by atoms with Gasteiger partial charge in [0.15, 0.2) is 0 Å². The van der Waals surface area contributed by atoms with Crippen molar-refractivity contribution in [2.75, 3.05) is 37.0 Å². The average Bonchev–Trinajstić information content (AvgIpc) is 3.05. The fraction of sp³-hybridized carbons (Fsp3) is 0.297. The maximum absolute atomic E-state index is 10.6. The first kappa shape index (κ1) is 45.8. The molecular weight excluding hydrogens is 697 g/mol. The molecular formula is C37H49CoN7O6. The Balaban J connectivity index is 0.000000937. The molecule has 0 aliphatic rings. The molecule has 277 valence electrons. The van der Waals surface area contributed by atoms with Crippen LogP contribution in [0.5, 0.6) is 23.0 Å². The van der Waals surface area contributed by atoms with Crippen LogP contribution in [0, 0.1) is 31.9 Å². The number of phenols is 4. The number of hydrogen-bond acceptors (Lipinski definition) is 12. The van der Waals surface area contributed by atoms with Crippen molar-refractivity contribution in [3.63, 3.8) is 0 Å². The van der Waals surface area contributed by atoms with E-state index in [2.05, 4.69) is 39.2 Å². The monoisotopic (exact) mass is 746 g/mol. The first-order valence-electron chi connectivity index (χ1n) is 15.6. The Morgan fingerprint density at radius 2 is 1.02 bits per heavy atom. The van der Waals surface area contributed by atoms with Crippen LogP contribution in [0.15, 0.2) is 93.3 Å². The summed E-state index contributed by atoms with van der Waals surface area (Å²) in [6, 6.07) is 19.0. The summed E-state index contributed by atoms with van der Waals surface area (Å²) in [6.07, 6.45) is 4.53. The number of azo groups is 2. The molecule has 4 aromatic carbocycles. The third-order valence-electron chi connectivity index (χ3n) is 7.19. The van der Waals surface area contributed by atoms with E-state index in [1.807, 2.05) is 38.1 Å². The predicted octanol–water partition coefficient (Wildman–Crippen LogP) is 10.6. The van der Waals surface area contributed by atoms with Crippen LogP contribution in [-0.4, -0.2) is 52.5 Å². The molecule has 0 aliphatic carbocycles. The quantitative estimate of drug-likeness (QED) is 0.0451. The third kappa shape index (κ3) is 13.9. The zero-order chi connectivity index (χ0) is 35.2. The Bertz CT molecular complexity index is 1740. The van der Waals surface area contributed by atoms with Crippen molar-refractivity contribution < 1.29 is 42.1 Å². The van der Waals surface area contributed by atoms with Gasteiger partial charge in [0.25, 0.3) is 5.69 Å². The molecule has 0 unspecified atom stereocenters. The number of aryl methyl sites for hydroxylation is 1. The normalized spacial score (nSPS) is 10.4. The fourth-order valence-electron chi connectivity index (χ4n) is 4.38. The smallest absolute Gasteiger partial charge is 0.506 e. The number of anilines is 2. The SMILES string of the molecule is CCCCN(CCCC)c1ccc(N=Nc2ccc(C)cc2O)c(O)c1.CN(C)c1ccc(N=Nc2ccc([N+](=O)[O-])cc2O)c(O)c1.[CH3-].[CH3-].[Co+2]. The van der Waals surface area contributed by atoms with Gasteiger partial charge >= 0.3 is 16.8 Å². The number of rotatable bonds is 13. The van der Waals surface area contributed by atoms with Gasteiger partial charge in [0.1, 0.15) is 45.7 Å². The van der Waals surface area contributed by atoms with Crippen LogP contribution in [0.25, 0.3) is 0 Å². The van der Waals surface area contributed by atoms with Gasteiger partial charge < -0.3 is 45.1 Å². The van der Waals surface area contributed by atoms with Crippen molar-refractivity contribution in [1.82, 2.24) is 0 Å². The summed E-state index contributed by atoms with van der Waals surface area (Å²) in [7, 11) is 3.68. The van der Waals surface area contributed by atoms with Crippen LogP contribution in [0.4, 0.5) is 39.8 Å². The Labute approximate surface area is 311 Å². The zero-order valence-electron chi connectivity index (χ0n) is 30.2.